The summed E-state index contributed by atoms with van der Waals surface area (Å²) >= 11 is 0. The molecule has 8 heteroatoms. The molecule has 0 spiro atoms. The first kappa shape index (κ1) is 12.3. The van der Waals surface area contributed by atoms with Crippen LogP contribution in [0.4, 0.5) is 0 Å². The molecule has 0 aromatic heterocycles. The van der Waals surface area contributed by atoms with Crippen molar-refractivity contribution < 1.29 is 13.3 Å². The van der Waals surface area contributed by atoms with E-state index in [1.54, 1.807) is 0 Å². The Bertz CT molecular complexity index is 216. The fraction of sp³-hybridized carbons (Fsp3) is 0.500. The highest BCUT2D eigenvalue weighted by atomic mass is 29.9. The van der Waals surface area contributed by atoms with Crippen LogP contribution in [0, 0.1) is 0 Å². The highest BCUT2D eigenvalue weighted by Crippen LogP contribution is 2.05. The maximum Gasteiger partial charge on any atom is 0.340 e. The van der Waals surface area contributed by atoms with Gasteiger partial charge in [0.25, 0.3) is 0 Å². The van der Waals surface area contributed by atoms with Crippen LogP contribution in [-0.2, 0) is 13.3 Å². The molecular weight excluding hydrogens is 260 g/mol. The molecule has 0 N–H and O–H groups in total. The third-order valence-corrected chi connectivity index (χ3v) is 56.1. The van der Waals surface area contributed by atoms with Crippen molar-refractivity contribution >= 4 is 49.7 Å². The zero-order chi connectivity index (χ0) is 10.4. The molecule has 3 nitrogen and oxygen atoms in total. The minimum atomic E-state index is -1.38. The summed E-state index contributed by atoms with van der Waals surface area (Å²) in [4.78, 5) is 11.5. The maximum atomic E-state index is 11.5. The van der Waals surface area contributed by atoms with E-state index in [-0.39, 0.29) is 23.8 Å². The van der Waals surface area contributed by atoms with Crippen LogP contribution in [0.3, 0.4) is 0 Å². The fourth-order valence-electron chi connectivity index (χ4n) is 1.41. The van der Waals surface area contributed by atoms with Crippen LogP contribution in [0.1, 0.15) is 19.8 Å². The standard InChI is InChI=1S/C6H18O3Si5/c1-3-4-5(2)6(7)8-14-9-10-11-12-13-14/h14H,2-4,10-13H2,1H3. The van der Waals surface area contributed by atoms with E-state index in [1.165, 1.54) is 0 Å². The second-order valence-electron chi connectivity index (χ2n) is 3.55. The van der Waals surface area contributed by atoms with Crippen LogP contribution < -0.4 is 0 Å². The molecule has 1 atom stereocenters. The molecule has 1 heterocycles. The highest BCUT2D eigenvalue weighted by molar-refractivity contribution is 7.57. The van der Waals surface area contributed by atoms with Crippen molar-refractivity contribution in [1.82, 2.24) is 0 Å². The number of carbonyl (C=O) groups is 1. The van der Waals surface area contributed by atoms with Crippen LogP contribution in [0.2, 0.25) is 0 Å². The van der Waals surface area contributed by atoms with E-state index >= 15 is 0 Å². The van der Waals surface area contributed by atoms with Crippen molar-refractivity contribution in [2.45, 2.75) is 19.8 Å². The van der Waals surface area contributed by atoms with Crippen molar-refractivity contribution in [3.05, 3.63) is 12.2 Å². The molecule has 1 saturated heterocycles. The molecule has 14 heavy (non-hydrogen) atoms. The van der Waals surface area contributed by atoms with Gasteiger partial charge in [0.05, 0.1) is 8.55 Å². The van der Waals surface area contributed by atoms with E-state index in [0.717, 1.165) is 12.8 Å². The average Bonchev–Trinajstić information content (AvgIpc) is 2.19. The predicted octanol–water partition coefficient (Wildman–Crippen LogP) is -3.03. The Kier molecular flexibility index (Phi) is 5.89. The minimum Gasteiger partial charge on any atom is -0.498 e. The van der Waals surface area contributed by atoms with Crippen molar-refractivity contribution in [3.8, 4) is 0 Å². The molecular formula is C6H18O3Si5. The molecule has 0 aliphatic carbocycles. The normalized spacial score (nSPS) is 28.5. The Morgan fingerprint density at radius 3 is 2.93 bits per heavy atom. The minimum absolute atomic E-state index is 0.00160. The summed E-state index contributed by atoms with van der Waals surface area (Å²) in [6, 6.07) is 0. The average molecular weight is 279 g/mol. The van der Waals surface area contributed by atoms with Gasteiger partial charge in [-0.15, -0.1) is 0 Å². The molecule has 1 fully saturated rings. The Morgan fingerprint density at radius 2 is 2.36 bits per heavy atom. The number of rotatable bonds is 4. The Labute approximate surface area is 95.1 Å². The summed E-state index contributed by atoms with van der Waals surface area (Å²) in [5.74, 6) is -0.150. The zero-order valence-corrected chi connectivity index (χ0v) is 15.6. The van der Waals surface area contributed by atoms with Gasteiger partial charge in [-0.2, -0.15) is 0 Å². The van der Waals surface area contributed by atoms with Crippen LogP contribution in [0.15, 0.2) is 12.2 Å². The lowest BCUT2D eigenvalue weighted by Crippen LogP contribution is -2.46. The number of hydrogen-bond acceptors (Lipinski definition) is 3. The van der Waals surface area contributed by atoms with Gasteiger partial charge in [-0.05, 0) is 6.42 Å². The number of hydrogen-bond donors (Lipinski definition) is 0. The molecule has 1 unspecified atom stereocenters. The molecule has 0 amide bonds. The van der Waals surface area contributed by atoms with Crippen LogP contribution in [0.5, 0.6) is 0 Å². The van der Waals surface area contributed by atoms with Gasteiger partial charge in [-0.3, -0.25) is 0 Å². The third kappa shape index (κ3) is 4.19. The summed E-state index contributed by atoms with van der Waals surface area (Å²) in [5, 5.41) is 0. The summed E-state index contributed by atoms with van der Waals surface area (Å²) in [6.07, 6.45) is 1.74. The monoisotopic (exact) mass is 278 g/mol. The second kappa shape index (κ2) is 6.69. The van der Waals surface area contributed by atoms with Crippen molar-refractivity contribution in [3.63, 3.8) is 0 Å². The molecule has 1 aliphatic heterocycles. The summed E-state index contributed by atoms with van der Waals surface area (Å²) in [5.41, 5.74) is 0.642. The van der Waals surface area contributed by atoms with Gasteiger partial charge in [0.15, 0.2) is 0 Å². The Balaban J connectivity index is 2.28. The molecule has 0 saturated carbocycles. The van der Waals surface area contributed by atoms with Gasteiger partial charge >= 0.3 is 14.8 Å². The van der Waals surface area contributed by atoms with E-state index in [0.29, 0.717) is 22.7 Å². The van der Waals surface area contributed by atoms with Gasteiger partial charge in [0, 0.05) is 22.7 Å². The van der Waals surface area contributed by atoms with Gasteiger partial charge in [-0.1, -0.05) is 19.9 Å². The lowest BCUT2D eigenvalue weighted by atomic mass is 10.2. The molecule has 80 valence electrons. The van der Waals surface area contributed by atoms with E-state index in [9.17, 15) is 4.79 Å². The predicted molar refractivity (Wildman–Crippen MR) is 72.5 cm³/mol. The maximum absolute atomic E-state index is 11.5. The molecule has 0 aromatic rings. The van der Waals surface area contributed by atoms with E-state index in [2.05, 4.69) is 6.58 Å². The zero-order valence-electron chi connectivity index (χ0n) is 8.75. The SMILES string of the molecule is C=C(CCC)C(=O)O[SiH]1O[SiH2][SiH2][SiH2][SiH2]1. The smallest absolute Gasteiger partial charge is 0.340 e. The Hall–Kier alpha value is 0.254. The Morgan fingerprint density at radius 1 is 1.57 bits per heavy atom. The molecule has 1 aliphatic rings. The van der Waals surface area contributed by atoms with Crippen molar-refractivity contribution in [2.75, 3.05) is 0 Å². The summed E-state index contributed by atoms with van der Waals surface area (Å²) in [7, 11) is -0.801. The van der Waals surface area contributed by atoms with E-state index in [1.807, 2.05) is 6.92 Å². The van der Waals surface area contributed by atoms with Gasteiger partial charge < -0.3 is 8.54 Å². The molecule has 0 bridgehead atoms. The fourth-order valence-corrected chi connectivity index (χ4v) is 81.8. The lowest BCUT2D eigenvalue weighted by molar-refractivity contribution is -0.131. The first-order valence-corrected chi connectivity index (χ1v) is 22.0. The van der Waals surface area contributed by atoms with Crippen LogP contribution in [-0.4, -0.2) is 49.7 Å². The van der Waals surface area contributed by atoms with Crippen molar-refractivity contribution in [2.24, 2.45) is 0 Å². The van der Waals surface area contributed by atoms with Crippen molar-refractivity contribution in [1.29, 1.82) is 0 Å². The highest BCUT2D eigenvalue weighted by Gasteiger charge is 2.22. The number of carbonyl (C=O) groups excluding carboxylic acids is 1. The first-order valence-electron chi connectivity index (χ1n) is 5.24. The summed E-state index contributed by atoms with van der Waals surface area (Å²) in [6.45, 7) is 5.80. The van der Waals surface area contributed by atoms with Gasteiger partial charge in [0.1, 0.15) is 9.28 Å². The van der Waals surface area contributed by atoms with Gasteiger partial charge in [-0.25, -0.2) is 4.79 Å². The lowest BCUT2D eigenvalue weighted by Gasteiger charge is -2.20. The topological polar surface area (TPSA) is 35.5 Å². The third-order valence-electron chi connectivity index (χ3n) is 2.22. The molecule has 0 radical (unpaired) electrons. The quantitative estimate of drug-likeness (QED) is 0.405. The summed E-state index contributed by atoms with van der Waals surface area (Å²) < 4.78 is 11.2. The van der Waals surface area contributed by atoms with Crippen LogP contribution in [0.25, 0.3) is 0 Å². The van der Waals surface area contributed by atoms with E-state index in [4.69, 9.17) is 8.54 Å². The largest absolute Gasteiger partial charge is 0.498 e. The van der Waals surface area contributed by atoms with E-state index < -0.39 is 8.80 Å². The first-order chi connectivity index (χ1) is 6.74. The molecule has 0 aromatic carbocycles. The van der Waals surface area contributed by atoms with Crippen LogP contribution >= 0.6 is 0 Å². The molecule has 1 rings (SSSR count). The second-order valence-corrected chi connectivity index (χ2v) is 35.5. The van der Waals surface area contributed by atoms with Gasteiger partial charge in [0.2, 0.25) is 0 Å².